The number of ether oxygens (including phenoxy) is 3. The molecule has 0 spiro atoms. The lowest BCUT2D eigenvalue weighted by atomic mass is 10.0. The first-order valence-corrected chi connectivity index (χ1v) is 34.7. The van der Waals surface area contributed by atoms with E-state index >= 15 is 0 Å². The molecule has 0 fully saturated rings. The Morgan fingerprint density at radius 1 is 0.259 bits per heavy atom. The Labute approximate surface area is 502 Å². The fourth-order valence-corrected chi connectivity index (χ4v) is 9.86. The number of hydrogen-bond acceptors (Lipinski definition) is 6. The molecule has 0 rings (SSSR count). The molecular formula is C75H130O6. The van der Waals surface area contributed by atoms with Gasteiger partial charge in [-0.1, -0.05) is 304 Å². The Morgan fingerprint density at radius 3 is 0.815 bits per heavy atom. The van der Waals surface area contributed by atoms with Crippen LogP contribution >= 0.6 is 0 Å². The first-order chi connectivity index (χ1) is 40.0. The topological polar surface area (TPSA) is 78.9 Å². The van der Waals surface area contributed by atoms with E-state index in [0.717, 1.165) is 96.3 Å². The highest BCUT2D eigenvalue weighted by Gasteiger charge is 2.19. The van der Waals surface area contributed by atoms with Crippen molar-refractivity contribution in [2.45, 2.75) is 348 Å². The molecule has 0 bridgehead atoms. The lowest BCUT2D eigenvalue weighted by Crippen LogP contribution is -2.30. The number of hydrogen-bond donors (Lipinski definition) is 0. The molecule has 0 N–H and O–H groups in total. The Morgan fingerprint density at radius 2 is 0.494 bits per heavy atom. The van der Waals surface area contributed by atoms with Crippen molar-refractivity contribution < 1.29 is 28.6 Å². The van der Waals surface area contributed by atoms with E-state index in [-0.39, 0.29) is 37.5 Å². The molecule has 1 atom stereocenters. The van der Waals surface area contributed by atoms with Crippen LogP contribution in [0.5, 0.6) is 0 Å². The third-order valence-corrected chi connectivity index (χ3v) is 15.0. The minimum atomic E-state index is -0.811. The third kappa shape index (κ3) is 67.0. The van der Waals surface area contributed by atoms with Crippen LogP contribution < -0.4 is 0 Å². The van der Waals surface area contributed by atoms with Crippen LogP contribution in [-0.2, 0) is 28.6 Å². The summed E-state index contributed by atoms with van der Waals surface area (Å²) in [4.78, 5) is 38.3. The fourth-order valence-electron chi connectivity index (χ4n) is 9.86. The van der Waals surface area contributed by atoms with Crippen molar-refractivity contribution in [2.24, 2.45) is 0 Å². The zero-order valence-electron chi connectivity index (χ0n) is 53.5. The van der Waals surface area contributed by atoms with E-state index < -0.39 is 6.10 Å². The van der Waals surface area contributed by atoms with Crippen molar-refractivity contribution >= 4 is 17.9 Å². The first-order valence-electron chi connectivity index (χ1n) is 34.7. The molecule has 0 radical (unpaired) electrons. The van der Waals surface area contributed by atoms with Gasteiger partial charge in [0.25, 0.3) is 0 Å². The molecule has 0 aromatic heterocycles. The van der Waals surface area contributed by atoms with Gasteiger partial charge in [0.2, 0.25) is 0 Å². The molecule has 81 heavy (non-hydrogen) atoms. The monoisotopic (exact) mass is 1130 g/mol. The summed E-state index contributed by atoms with van der Waals surface area (Å²) >= 11 is 0. The summed E-state index contributed by atoms with van der Waals surface area (Å²) in [6, 6.07) is 0. The summed E-state index contributed by atoms with van der Waals surface area (Å²) < 4.78 is 16.9. The lowest BCUT2D eigenvalue weighted by molar-refractivity contribution is -0.167. The number of unbranched alkanes of at least 4 members (excludes halogenated alkanes) is 36. The number of carbonyl (C=O) groups excluding carboxylic acids is 3. The molecule has 0 saturated heterocycles. The van der Waals surface area contributed by atoms with E-state index in [1.54, 1.807) is 0 Å². The van der Waals surface area contributed by atoms with E-state index in [1.165, 1.54) is 199 Å². The minimum absolute atomic E-state index is 0.100. The summed E-state index contributed by atoms with van der Waals surface area (Å²) in [6.45, 7) is 6.48. The molecule has 1 unspecified atom stereocenters. The van der Waals surface area contributed by atoms with Crippen molar-refractivity contribution in [3.05, 3.63) is 97.2 Å². The van der Waals surface area contributed by atoms with E-state index in [4.69, 9.17) is 14.2 Å². The molecule has 0 aliphatic heterocycles. The molecular weight excluding hydrogens is 997 g/mol. The first kappa shape index (κ1) is 77.3. The second-order valence-electron chi connectivity index (χ2n) is 23.1. The summed E-state index contributed by atoms with van der Waals surface area (Å²) in [6.07, 6.45) is 93.1. The minimum Gasteiger partial charge on any atom is -0.462 e. The van der Waals surface area contributed by atoms with E-state index in [0.29, 0.717) is 19.3 Å². The SMILES string of the molecule is CC/C=C\C/C=C\C/C=C\C/C=C\C/C=C\CCCC(=O)OC(COC(=O)CCCCCCC/C=C\CCCCCC)COC(=O)CCCCCCCCCCCCCCCCCCCCCCC/C=C\C/C=C\CCCCCCC. The van der Waals surface area contributed by atoms with Crippen LogP contribution in [0.15, 0.2) is 97.2 Å². The zero-order chi connectivity index (χ0) is 58.5. The van der Waals surface area contributed by atoms with Gasteiger partial charge in [-0.3, -0.25) is 14.4 Å². The summed E-state index contributed by atoms with van der Waals surface area (Å²) in [7, 11) is 0. The van der Waals surface area contributed by atoms with Crippen molar-refractivity contribution in [1.29, 1.82) is 0 Å². The third-order valence-electron chi connectivity index (χ3n) is 15.0. The quantitative estimate of drug-likeness (QED) is 0.0261. The van der Waals surface area contributed by atoms with Crippen molar-refractivity contribution in [1.82, 2.24) is 0 Å². The summed E-state index contributed by atoms with van der Waals surface area (Å²) in [5.41, 5.74) is 0. The molecule has 0 aromatic carbocycles. The van der Waals surface area contributed by atoms with E-state index in [1.807, 2.05) is 0 Å². The smallest absolute Gasteiger partial charge is 0.306 e. The highest BCUT2D eigenvalue weighted by molar-refractivity contribution is 5.71. The van der Waals surface area contributed by atoms with Crippen LogP contribution in [0.1, 0.15) is 342 Å². The number of allylic oxidation sites excluding steroid dienone is 16. The van der Waals surface area contributed by atoms with Crippen LogP contribution in [0.25, 0.3) is 0 Å². The maximum absolute atomic E-state index is 12.9. The molecule has 6 nitrogen and oxygen atoms in total. The molecule has 6 heteroatoms. The van der Waals surface area contributed by atoms with Gasteiger partial charge < -0.3 is 14.2 Å². The summed E-state index contributed by atoms with van der Waals surface area (Å²) in [5, 5.41) is 0. The lowest BCUT2D eigenvalue weighted by Gasteiger charge is -2.18. The van der Waals surface area contributed by atoms with Gasteiger partial charge in [-0.2, -0.15) is 0 Å². The second kappa shape index (κ2) is 68.8. The number of rotatable bonds is 63. The molecule has 0 heterocycles. The van der Waals surface area contributed by atoms with Gasteiger partial charge in [-0.25, -0.2) is 0 Å². The highest BCUT2D eigenvalue weighted by Crippen LogP contribution is 2.17. The van der Waals surface area contributed by atoms with Crippen molar-refractivity contribution in [3.8, 4) is 0 Å². The molecule has 0 amide bonds. The number of esters is 3. The predicted octanol–water partition coefficient (Wildman–Crippen LogP) is 24.0. The summed E-state index contributed by atoms with van der Waals surface area (Å²) in [5.74, 6) is -0.956. The van der Waals surface area contributed by atoms with Gasteiger partial charge in [0, 0.05) is 19.3 Å². The van der Waals surface area contributed by atoms with Crippen molar-refractivity contribution in [3.63, 3.8) is 0 Å². The Balaban J connectivity index is 4.19. The standard InChI is InChI=1S/C75H130O6/c1-4-7-10-13-16-19-22-25-27-29-30-31-32-33-34-35-36-37-38-39-40-41-42-43-44-46-47-50-53-56-59-62-65-68-74(77)80-71-72(70-79-73(76)67-64-61-58-55-52-49-24-21-18-15-12-9-6-3)81-75(78)69-66-63-60-57-54-51-48-45-28-26-23-20-17-14-11-8-5-2/h8,11,17,20-22,24-26,28-30,48,51,57,60,72H,4-7,9-10,12-16,18-19,23,27,31-47,49-50,52-56,58-59,61-71H2,1-3H3/b11-8-,20-17-,24-21-,25-22-,28-26-,30-29-,51-48-,60-57-. The average molecular weight is 1130 g/mol. The van der Waals surface area contributed by atoms with Crippen LogP contribution in [0, 0.1) is 0 Å². The highest BCUT2D eigenvalue weighted by atomic mass is 16.6. The molecule has 0 aliphatic rings. The van der Waals surface area contributed by atoms with Crippen LogP contribution in [-0.4, -0.2) is 37.2 Å². The van der Waals surface area contributed by atoms with Gasteiger partial charge in [0.1, 0.15) is 13.2 Å². The van der Waals surface area contributed by atoms with Crippen LogP contribution in [0.4, 0.5) is 0 Å². The molecule has 0 aromatic rings. The maximum atomic E-state index is 12.9. The van der Waals surface area contributed by atoms with Crippen LogP contribution in [0.2, 0.25) is 0 Å². The number of carbonyl (C=O) groups is 3. The Kier molecular flexibility index (Phi) is 65.7. The van der Waals surface area contributed by atoms with Gasteiger partial charge >= 0.3 is 17.9 Å². The Bertz CT molecular complexity index is 1580. The molecule has 0 aliphatic carbocycles. The van der Waals surface area contributed by atoms with Gasteiger partial charge in [0.05, 0.1) is 0 Å². The average Bonchev–Trinajstić information content (AvgIpc) is 3.46. The van der Waals surface area contributed by atoms with E-state index in [2.05, 4.69) is 118 Å². The molecule has 466 valence electrons. The largest absolute Gasteiger partial charge is 0.462 e. The Hall–Kier alpha value is -3.67. The second-order valence-corrected chi connectivity index (χ2v) is 23.1. The van der Waals surface area contributed by atoms with Gasteiger partial charge in [-0.05, 0) is 116 Å². The molecule has 0 saturated carbocycles. The van der Waals surface area contributed by atoms with Crippen molar-refractivity contribution in [2.75, 3.05) is 13.2 Å². The maximum Gasteiger partial charge on any atom is 0.306 e. The predicted molar refractivity (Wildman–Crippen MR) is 353 cm³/mol. The van der Waals surface area contributed by atoms with E-state index in [9.17, 15) is 14.4 Å². The van der Waals surface area contributed by atoms with Gasteiger partial charge in [0.15, 0.2) is 6.10 Å². The van der Waals surface area contributed by atoms with Gasteiger partial charge in [-0.15, -0.1) is 0 Å². The van der Waals surface area contributed by atoms with Crippen LogP contribution in [0.3, 0.4) is 0 Å². The normalized spacial score (nSPS) is 12.7. The fraction of sp³-hybridized carbons (Fsp3) is 0.747. The zero-order valence-corrected chi connectivity index (χ0v) is 53.5.